The molecule has 6 nitrogen and oxygen atoms in total. The van der Waals surface area contributed by atoms with Crippen LogP contribution in [0.4, 0.5) is 0 Å². The Labute approximate surface area is 136 Å². The molecule has 0 spiro atoms. The van der Waals surface area contributed by atoms with Crippen molar-refractivity contribution >= 4 is 15.9 Å². The van der Waals surface area contributed by atoms with E-state index in [4.69, 9.17) is 9.88 Å². The number of nitrogens with zero attached hydrogens (tertiary/aromatic N) is 1. The van der Waals surface area contributed by atoms with Gasteiger partial charge in [0.15, 0.2) is 0 Å². The number of ether oxygens (including phenoxy) is 1. The third kappa shape index (κ3) is 3.27. The second-order valence-electron chi connectivity index (χ2n) is 6.28. The Bertz CT molecular complexity index is 715. The van der Waals surface area contributed by atoms with Crippen molar-refractivity contribution in [3.05, 3.63) is 29.3 Å². The van der Waals surface area contributed by atoms with Crippen molar-refractivity contribution in [2.45, 2.75) is 49.6 Å². The molecule has 1 aliphatic heterocycles. The van der Waals surface area contributed by atoms with Gasteiger partial charge in [-0.3, -0.25) is 4.79 Å². The molecule has 2 atom stereocenters. The lowest BCUT2D eigenvalue weighted by Gasteiger charge is -2.44. The normalized spacial score (nSPS) is 25.0. The molecule has 1 aliphatic carbocycles. The molecular formula is C16H22N2O4S. The third-order valence-corrected chi connectivity index (χ3v) is 5.67. The molecule has 1 aromatic carbocycles. The van der Waals surface area contributed by atoms with Crippen molar-refractivity contribution in [1.29, 1.82) is 0 Å². The maximum Gasteiger partial charge on any atom is 0.254 e. The van der Waals surface area contributed by atoms with Crippen LogP contribution in [0.15, 0.2) is 23.1 Å². The van der Waals surface area contributed by atoms with Crippen molar-refractivity contribution in [1.82, 2.24) is 4.90 Å². The molecule has 0 bridgehead atoms. The summed E-state index contributed by atoms with van der Waals surface area (Å²) in [5.41, 5.74) is 1.16. The van der Waals surface area contributed by atoms with Crippen LogP contribution in [0, 0.1) is 6.92 Å². The van der Waals surface area contributed by atoms with Crippen LogP contribution >= 0.6 is 0 Å². The number of hydrogen-bond donors (Lipinski definition) is 1. The minimum Gasteiger partial charge on any atom is -0.374 e. The van der Waals surface area contributed by atoms with Gasteiger partial charge in [-0.2, -0.15) is 0 Å². The number of sulfonamides is 1. The van der Waals surface area contributed by atoms with Gasteiger partial charge in [0, 0.05) is 12.1 Å². The van der Waals surface area contributed by atoms with E-state index in [0.29, 0.717) is 18.7 Å². The Morgan fingerprint density at radius 3 is 2.78 bits per heavy atom. The standard InChI is InChI=1S/C16H22N2O4S/c1-11-6-7-12(23(17,20)21)10-13(11)16(19)18-8-9-22-15-5-3-2-4-14(15)18/h6-7,10,14-15H,2-5,8-9H2,1H3,(H2,17,20,21)/t14-,15-/m1/s1. The van der Waals surface area contributed by atoms with Crippen LogP contribution in [0.5, 0.6) is 0 Å². The number of primary sulfonamides is 1. The molecule has 0 aromatic heterocycles. The zero-order valence-electron chi connectivity index (χ0n) is 13.2. The van der Waals surface area contributed by atoms with Gasteiger partial charge in [0.1, 0.15) is 0 Å². The zero-order chi connectivity index (χ0) is 16.6. The van der Waals surface area contributed by atoms with Crippen molar-refractivity contribution in [2.24, 2.45) is 5.14 Å². The Hall–Kier alpha value is -1.44. The largest absolute Gasteiger partial charge is 0.374 e. The number of fused-ring (bicyclic) bond motifs is 1. The number of benzene rings is 1. The predicted octanol–water partition coefficient (Wildman–Crippen LogP) is 1.43. The highest BCUT2D eigenvalue weighted by molar-refractivity contribution is 7.89. The molecule has 1 saturated carbocycles. The molecule has 23 heavy (non-hydrogen) atoms. The molecule has 1 amide bonds. The van der Waals surface area contributed by atoms with Crippen LogP contribution in [-0.4, -0.2) is 44.5 Å². The fraction of sp³-hybridized carbons (Fsp3) is 0.562. The fourth-order valence-electron chi connectivity index (χ4n) is 3.51. The third-order valence-electron chi connectivity index (χ3n) is 4.76. The molecule has 126 valence electrons. The van der Waals surface area contributed by atoms with E-state index in [1.165, 1.54) is 12.1 Å². The van der Waals surface area contributed by atoms with Crippen LogP contribution < -0.4 is 5.14 Å². The van der Waals surface area contributed by atoms with E-state index in [0.717, 1.165) is 31.2 Å². The van der Waals surface area contributed by atoms with Crippen molar-refractivity contribution < 1.29 is 17.9 Å². The van der Waals surface area contributed by atoms with Gasteiger partial charge in [-0.05, 0) is 37.5 Å². The first-order valence-electron chi connectivity index (χ1n) is 7.94. The number of nitrogens with two attached hydrogens (primary N) is 1. The number of morpholine rings is 1. The highest BCUT2D eigenvalue weighted by Crippen LogP contribution is 2.30. The lowest BCUT2D eigenvalue weighted by molar-refractivity contribution is -0.0753. The summed E-state index contributed by atoms with van der Waals surface area (Å²) in [7, 11) is -3.83. The molecule has 2 fully saturated rings. The van der Waals surface area contributed by atoms with Crippen LogP contribution in [0.1, 0.15) is 41.6 Å². The molecule has 1 aromatic rings. The molecule has 0 unspecified atom stereocenters. The number of hydrogen-bond acceptors (Lipinski definition) is 4. The summed E-state index contributed by atoms with van der Waals surface area (Å²) in [4.78, 5) is 14.8. The highest BCUT2D eigenvalue weighted by Gasteiger charge is 2.37. The smallest absolute Gasteiger partial charge is 0.254 e. The highest BCUT2D eigenvalue weighted by atomic mass is 32.2. The number of rotatable bonds is 2. The lowest BCUT2D eigenvalue weighted by atomic mass is 9.89. The predicted molar refractivity (Wildman–Crippen MR) is 85.6 cm³/mol. The molecule has 7 heteroatoms. The SMILES string of the molecule is Cc1ccc(S(N)(=O)=O)cc1C(=O)N1CCO[C@@H]2CCCC[C@H]21. The van der Waals surface area contributed by atoms with E-state index in [2.05, 4.69) is 0 Å². The second kappa shape index (κ2) is 6.22. The number of carbonyl (C=O) groups is 1. The summed E-state index contributed by atoms with van der Waals surface area (Å²) in [6.07, 6.45) is 4.23. The van der Waals surface area contributed by atoms with Crippen molar-refractivity contribution in [2.75, 3.05) is 13.2 Å². The summed E-state index contributed by atoms with van der Waals surface area (Å²) < 4.78 is 28.9. The van der Waals surface area contributed by atoms with E-state index in [9.17, 15) is 13.2 Å². The van der Waals surface area contributed by atoms with Crippen molar-refractivity contribution in [3.8, 4) is 0 Å². The Morgan fingerprint density at radius 1 is 1.30 bits per heavy atom. The topological polar surface area (TPSA) is 89.7 Å². The monoisotopic (exact) mass is 338 g/mol. The van der Waals surface area contributed by atoms with E-state index in [1.54, 1.807) is 13.0 Å². The number of carbonyl (C=O) groups excluding carboxylic acids is 1. The first-order valence-corrected chi connectivity index (χ1v) is 9.48. The van der Waals surface area contributed by atoms with Crippen LogP contribution in [0.3, 0.4) is 0 Å². The van der Waals surface area contributed by atoms with Gasteiger partial charge in [-0.1, -0.05) is 18.9 Å². The number of amides is 1. The van der Waals surface area contributed by atoms with Gasteiger partial charge in [-0.15, -0.1) is 0 Å². The minimum absolute atomic E-state index is 0.0279. The van der Waals surface area contributed by atoms with Crippen LogP contribution in [0.2, 0.25) is 0 Å². The van der Waals surface area contributed by atoms with Gasteiger partial charge in [0.25, 0.3) is 5.91 Å². The fourth-order valence-corrected chi connectivity index (χ4v) is 4.05. The summed E-state index contributed by atoms with van der Waals surface area (Å²) in [6, 6.07) is 4.54. The van der Waals surface area contributed by atoms with Gasteiger partial charge < -0.3 is 9.64 Å². The minimum atomic E-state index is -3.83. The Kier molecular flexibility index (Phi) is 4.44. The molecule has 3 rings (SSSR count). The van der Waals surface area contributed by atoms with Gasteiger partial charge >= 0.3 is 0 Å². The maximum absolute atomic E-state index is 13.0. The van der Waals surface area contributed by atoms with E-state index >= 15 is 0 Å². The molecule has 1 saturated heterocycles. The number of aryl methyl sites for hydroxylation is 1. The second-order valence-corrected chi connectivity index (χ2v) is 7.84. The average Bonchev–Trinajstić information content (AvgIpc) is 2.53. The van der Waals surface area contributed by atoms with Crippen LogP contribution in [-0.2, 0) is 14.8 Å². The molecule has 2 N–H and O–H groups in total. The average molecular weight is 338 g/mol. The van der Waals surface area contributed by atoms with E-state index < -0.39 is 10.0 Å². The van der Waals surface area contributed by atoms with Crippen molar-refractivity contribution in [3.63, 3.8) is 0 Å². The zero-order valence-corrected chi connectivity index (χ0v) is 14.0. The molecular weight excluding hydrogens is 316 g/mol. The molecule has 1 heterocycles. The summed E-state index contributed by atoms with van der Waals surface area (Å²) >= 11 is 0. The van der Waals surface area contributed by atoms with Gasteiger partial charge in [-0.25, -0.2) is 13.6 Å². The van der Waals surface area contributed by atoms with Gasteiger partial charge in [0.2, 0.25) is 10.0 Å². The summed E-state index contributed by atoms with van der Waals surface area (Å²) in [5, 5.41) is 5.19. The van der Waals surface area contributed by atoms with E-state index in [1.807, 2.05) is 4.90 Å². The lowest BCUT2D eigenvalue weighted by Crippen LogP contribution is -2.54. The Morgan fingerprint density at radius 2 is 2.04 bits per heavy atom. The quantitative estimate of drug-likeness (QED) is 0.883. The van der Waals surface area contributed by atoms with Crippen LogP contribution in [0.25, 0.3) is 0 Å². The Balaban J connectivity index is 1.93. The molecule has 0 radical (unpaired) electrons. The summed E-state index contributed by atoms with van der Waals surface area (Å²) in [6.45, 7) is 2.87. The first kappa shape index (κ1) is 16.4. The maximum atomic E-state index is 13.0. The molecule has 2 aliphatic rings. The summed E-state index contributed by atoms with van der Waals surface area (Å²) in [5.74, 6) is -0.131. The van der Waals surface area contributed by atoms with Gasteiger partial charge in [0.05, 0.1) is 23.6 Å². The van der Waals surface area contributed by atoms with E-state index in [-0.39, 0.29) is 22.9 Å². The first-order chi connectivity index (χ1) is 10.9.